The van der Waals surface area contributed by atoms with Crippen LogP contribution in [0.2, 0.25) is 0 Å². The van der Waals surface area contributed by atoms with E-state index in [-0.39, 0.29) is 6.61 Å². The Morgan fingerprint density at radius 2 is 1.93 bits per heavy atom. The van der Waals surface area contributed by atoms with Gasteiger partial charge in [0, 0.05) is 25.6 Å². The summed E-state index contributed by atoms with van der Waals surface area (Å²) < 4.78 is 0. The number of nitrogens with zero attached hydrogens (tertiary/aromatic N) is 1. The van der Waals surface area contributed by atoms with Crippen LogP contribution in [0, 0.1) is 11.3 Å². The predicted molar refractivity (Wildman–Crippen MR) is 57.9 cm³/mol. The first-order valence-corrected chi connectivity index (χ1v) is 5.56. The molecule has 3 nitrogen and oxygen atoms in total. The van der Waals surface area contributed by atoms with Gasteiger partial charge in [0.05, 0.1) is 6.07 Å². The smallest absolute Gasteiger partial charge is 0.0635 e. The number of nitriles is 1. The van der Waals surface area contributed by atoms with Crippen molar-refractivity contribution in [2.24, 2.45) is 0 Å². The number of nitrogens with one attached hydrogen (secondary N) is 1. The van der Waals surface area contributed by atoms with Crippen molar-refractivity contribution in [2.75, 3.05) is 13.2 Å². The maximum Gasteiger partial charge on any atom is 0.0635 e. The molecule has 0 atom stereocenters. The van der Waals surface area contributed by atoms with Gasteiger partial charge >= 0.3 is 0 Å². The Hall–Kier alpha value is -0.590. The lowest BCUT2D eigenvalue weighted by molar-refractivity contribution is 0.318. The Bertz CT molecular complexity index is 148. The van der Waals surface area contributed by atoms with Crippen LogP contribution in [-0.4, -0.2) is 24.3 Å². The van der Waals surface area contributed by atoms with Crippen LogP contribution in [-0.2, 0) is 0 Å². The van der Waals surface area contributed by atoms with E-state index in [4.69, 9.17) is 10.4 Å². The molecule has 3 heteroatoms. The lowest BCUT2D eigenvalue weighted by Crippen LogP contribution is -2.31. The molecule has 1 aliphatic carbocycles. The van der Waals surface area contributed by atoms with E-state index in [1.54, 1.807) is 6.92 Å². The summed E-state index contributed by atoms with van der Waals surface area (Å²) in [7, 11) is 0. The molecular formula is C11H22N2O. The monoisotopic (exact) mass is 198 g/mol. The van der Waals surface area contributed by atoms with E-state index in [0.717, 1.165) is 6.54 Å². The lowest BCUT2D eigenvalue weighted by Gasteiger charge is -2.22. The fraction of sp³-hybridized carbons (Fsp3) is 0.909. The van der Waals surface area contributed by atoms with Crippen LogP contribution in [0.15, 0.2) is 0 Å². The van der Waals surface area contributed by atoms with Crippen molar-refractivity contribution < 1.29 is 5.11 Å². The summed E-state index contributed by atoms with van der Waals surface area (Å²) in [4.78, 5) is 0. The molecule has 0 bridgehead atoms. The Balaban J connectivity index is 0.000000500. The first-order valence-electron chi connectivity index (χ1n) is 5.56. The summed E-state index contributed by atoms with van der Waals surface area (Å²) in [5.74, 6) is 0. The van der Waals surface area contributed by atoms with Crippen LogP contribution in [0.4, 0.5) is 0 Å². The standard InChI is InChI=1S/C9H16N2.C2H6O/c10-7-4-8-11-9-5-2-1-3-6-9;1-2-3/h9,11H,1-6,8H2;3H,2H2,1H3. The van der Waals surface area contributed by atoms with Crippen molar-refractivity contribution in [3.63, 3.8) is 0 Å². The second-order valence-electron chi connectivity index (χ2n) is 3.51. The van der Waals surface area contributed by atoms with Gasteiger partial charge in [-0.25, -0.2) is 0 Å². The summed E-state index contributed by atoms with van der Waals surface area (Å²) in [5, 5.41) is 19.3. The van der Waals surface area contributed by atoms with E-state index < -0.39 is 0 Å². The molecule has 1 saturated carbocycles. The zero-order chi connectivity index (χ0) is 10.6. The fourth-order valence-corrected chi connectivity index (χ4v) is 1.64. The maximum atomic E-state index is 8.31. The summed E-state index contributed by atoms with van der Waals surface area (Å²) >= 11 is 0. The Labute approximate surface area is 87.1 Å². The van der Waals surface area contributed by atoms with E-state index in [2.05, 4.69) is 11.4 Å². The molecule has 14 heavy (non-hydrogen) atoms. The molecule has 0 unspecified atom stereocenters. The second-order valence-corrected chi connectivity index (χ2v) is 3.51. The highest BCUT2D eigenvalue weighted by Crippen LogP contribution is 2.16. The first kappa shape index (κ1) is 13.4. The molecule has 1 rings (SSSR count). The van der Waals surface area contributed by atoms with Gasteiger partial charge in [0.1, 0.15) is 0 Å². The number of hydrogen-bond donors (Lipinski definition) is 2. The third-order valence-electron chi connectivity index (χ3n) is 2.27. The van der Waals surface area contributed by atoms with Crippen molar-refractivity contribution in [1.82, 2.24) is 5.32 Å². The molecule has 0 amide bonds. The highest BCUT2D eigenvalue weighted by atomic mass is 16.2. The van der Waals surface area contributed by atoms with E-state index in [0.29, 0.717) is 12.5 Å². The molecule has 1 fully saturated rings. The molecule has 2 N–H and O–H groups in total. The fourth-order valence-electron chi connectivity index (χ4n) is 1.64. The molecule has 0 aromatic rings. The highest BCUT2D eigenvalue weighted by Gasteiger charge is 2.11. The van der Waals surface area contributed by atoms with Crippen molar-refractivity contribution in [3.8, 4) is 6.07 Å². The Morgan fingerprint density at radius 3 is 2.43 bits per heavy atom. The van der Waals surface area contributed by atoms with Crippen LogP contribution in [0.5, 0.6) is 0 Å². The minimum absolute atomic E-state index is 0.250. The van der Waals surface area contributed by atoms with Gasteiger partial charge in [-0.3, -0.25) is 0 Å². The summed E-state index contributed by atoms with van der Waals surface area (Å²) in [5.41, 5.74) is 0. The third-order valence-corrected chi connectivity index (χ3v) is 2.27. The maximum absolute atomic E-state index is 8.31. The molecule has 0 aliphatic heterocycles. The third kappa shape index (κ3) is 8.03. The van der Waals surface area contributed by atoms with E-state index >= 15 is 0 Å². The molecule has 82 valence electrons. The zero-order valence-corrected chi connectivity index (χ0v) is 9.13. The van der Waals surface area contributed by atoms with Gasteiger partial charge < -0.3 is 10.4 Å². The zero-order valence-electron chi connectivity index (χ0n) is 9.13. The molecule has 1 aliphatic rings. The van der Waals surface area contributed by atoms with Gasteiger partial charge in [-0.2, -0.15) is 5.26 Å². The van der Waals surface area contributed by atoms with Gasteiger partial charge in [0.25, 0.3) is 0 Å². The number of aliphatic hydroxyl groups excluding tert-OH is 1. The van der Waals surface area contributed by atoms with E-state index in [1.165, 1.54) is 32.1 Å². The van der Waals surface area contributed by atoms with E-state index in [1.807, 2.05) is 0 Å². The molecule has 0 radical (unpaired) electrons. The molecule has 0 spiro atoms. The average molecular weight is 198 g/mol. The summed E-state index contributed by atoms with van der Waals surface area (Å²) in [6.07, 6.45) is 7.40. The quantitative estimate of drug-likeness (QED) is 0.680. The van der Waals surface area contributed by atoms with Crippen LogP contribution >= 0.6 is 0 Å². The average Bonchev–Trinajstić information content (AvgIpc) is 2.21. The number of rotatable bonds is 3. The van der Waals surface area contributed by atoms with Crippen LogP contribution in [0.1, 0.15) is 45.4 Å². The van der Waals surface area contributed by atoms with Gasteiger partial charge in [0.2, 0.25) is 0 Å². The van der Waals surface area contributed by atoms with Gasteiger partial charge in [-0.15, -0.1) is 0 Å². The summed E-state index contributed by atoms with van der Waals surface area (Å²) in [6.45, 7) is 2.81. The van der Waals surface area contributed by atoms with Crippen LogP contribution < -0.4 is 5.32 Å². The first-order chi connectivity index (χ1) is 6.85. The normalized spacial score (nSPS) is 16.6. The minimum atomic E-state index is 0.250. The number of hydrogen-bond acceptors (Lipinski definition) is 3. The van der Waals surface area contributed by atoms with E-state index in [9.17, 15) is 0 Å². The Morgan fingerprint density at radius 1 is 1.36 bits per heavy atom. The Kier molecular flexibility index (Phi) is 10.0. The number of aliphatic hydroxyl groups is 1. The topological polar surface area (TPSA) is 56.0 Å². The van der Waals surface area contributed by atoms with Gasteiger partial charge in [-0.1, -0.05) is 19.3 Å². The molecule has 0 heterocycles. The molecule has 0 aromatic heterocycles. The minimum Gasteiger partial charge on any atom is -0.397 e. The van der Waals surface area contributed by atoms with Crippen molar-refractivity contribution in [3.05, 3.63) is 0 Å². The van der Waals surface area contributed by atoms with Crippen molar-refractivity contribution >= 4 is 0 Å². The SMILES string of the molecule is CCO.N#CCCNC1CCCCC1. The summed E-state index contributed by atoms with van der Waals surface area (Å²) in [6, 6.07) is 2.85. The highest BCUT2D eigenvalue weighted by molar-refractivity contribution is 4.75. The largest absolute Gasteiger partial charge is 0.397 e. The van der Waals surface area contributed by atoms with Crippen molar-refractivity contribution in [1.29, 1.82) is 5.26 Å². The molecule has 0 saturated heterocycles. The molecule has 0 aromatic carbocycles. The molecular weight excluding hydrogens is 176 g/mol. The van der Waals surface area contributed by atoms with Crippen LogP contribution in [0.25, 0.3) is 0 Å². The van der Waals surface area contributed by atoms with Gasteiger partial charge in [-0.05, 0) is 19.8 Å². The van der Waals surface area contributed by atoms with Crippen LogP contribution in [0.3, 0.4) is 0 Å². The predicted octanol–water partition coefficient (Wildman–Crippen LogP) is 1.82. The second kappa shape index (κ2) is 10.5. The van der Waals surface area contributed by atoms with Gasteiger partial charge in [0.15, 0.2) is 0 Å². The van der Waals surface area contributed by atoms with Crippen molar-refractivity contribution in [2.45, 2.75) is 51.5 Å². The lowest BCUT2D eigenvalue weighted by atomic mass is 9.95.